The molecule has 1 aromatic heterocycles. The molecule has 3 N–H and O–H groups in total. The van der Waals surface area contributed by atoms with Crippen molar-refractivity contribution >= 4 is 17.6 Å². The summed E-state index contributed by atoms with van der Waals surface area (Å²) in [5.41, 5.74) is 8.90. The van der Waals surface area contributed by atoms with Crippen molar-refractivity contribution in [3.8, 4) is 17.1 Å². The van der Waals surface area contributed by atoms with Crippen LogP contribution in [-0.2, 0) is 11.5 Å². The maximum Gasteiger partial charge on any atom is 0.161 e. The molecule has 0 unspecified atom stereocenters. The molecular formula is C12H11N3OS. The van der Waals surface area contributed by atoms with Gasteiger partial charge in [0.2, 0.25) is 0 Å². The fourth-order valence-electron chi connectivity index (χ4n) is 1.82. The second-order valence-corrected chi connectivity index (χ2v) is 4.88. The van der Waals surface area contributed by atoms with Gasteiger partial charge in [0.25, 0.3) is 0 Å². The van der Waals surface area contributed by atoms with Gasteiger partial charge >= 0.3 is 0 Å². The summed E-state index contributed by atoms with van der Waals surface area (Å²) in [5.74, 6) is 3.23. The molecule has 4 nitrogen and oxygen atoms in total. The quantitative estimate of drug-likeness (QED) is 0.805. The Hall–Kier alpha value is -1.75. The molecule has 0 spiro atoms. The van der Waals surface area contributed by atoms with E-state index in [1.807, 2.05) is 0 Å². The number of anilines is 1. The molecular weight excluding hydrogens is 234 g/mol. The fraction of sp³-hybridized carbons (Fsp3) is 0.167. The lowest BCUT2D eigenvalue weighted by molar-refractivity contribution is 0.475. The molecule has 0 radical (unpaired) electrons. The molecule has 2 heterocycles. The minimum absolute atomic E-state index is 0.235. The smallest absolute Gasteiger partial charge is 0.161 e. The zero-order valence-electron chi connectivity index (χ0n) is 9.05. The standard InChI is InChI=1S/C12H11N3OS/c13-11-9-5-17-6-10(9)14-12(15-11)7-1-3-8(16)4-2-7/h1-4,16H,5-6H2,(H2,13,14,15). The first-order valence-corrected chi connectivity index (χ1v) is 6.42. The Bertz CT molecular complexity index is 569. The van der Waals surface area contributed by atoms with E-state index < -0.39 is 0 Å². The zero-order chi connectivity index (χ0) is 11.8. The number of aromatic nitrogens is 2. The Morgan fingerprint density at radius 3 is 2.65 bits per heavy atom. The second-order valence-electron chi connectivity index (χ2n) is 3.90. The van der Waals surface area contributed by atoms with Gasteiger partial charge in [-0.05, 0) is 24.3 Å². The number of hydrogen-bond donors (Lipinski definition) is 2. The predicted octanol–water partition coefficient (Wildman–Crippen LogP) is 2.18. The van der Waals surface area contributed by atoms with Crippen molar-refractivity contribution in [3.05, 3.63) is 35.5 Å². The Morgan fingerprint density at radius 2 is 1.88 bits per heavy atom. The van der Waals surface area contributed by atoms with Crippen molar-refractivity contribution in [2.45, 2.75) is 11.5 Å². The van der Waals surface area contributed by atoms with Crippen molar-refractivity contribution in [2.75, 3.05) is 5.73 Å². The van der Waals surface area contributed by atoms with Crippen LogP contribution in [0.3, 0.4) is 0 Å². The van der Waals surface area contributed by atoms with Gasteiger partial charge in [-0.3, -0.25) is 0 Å². The van der Waals surface area contributed by atoms with Crippen molar-refractivity contribution in [1.82, 2.24) is 9.97 Å². The third kappa shape index (κ3) is 1.82. The van der Waals surface area contributed by atoms with Crippen LogP contribution in [0.5, 0.6) is 5.75 Å². The Morgan fingerprint density at radius 1 is 1.12 bits per heavy atom. The second kappa shape index (κ2) is 3.92. The SMILES string of the molecule is Nc1nc(-c2ccc(O)cc2)nc2c1CSC2. The fourth-order valence-corrected chi connectivity index (χ4v) is 2.87. The minimum atomic E-state index is 0.235. The molecule has 2 aromatic rings. The first-order valence-electron chi connectivity index (χ1n) is 5.26. The third-order valence-electron chi connectivity index (χ3n) is 2.74. The summed E-state index contributed by atoms with van der Waals surface area (Å²) in [7, 11) is 0. The van der Waals surface area contributed by atoms with E-state index in [-0.39, 0.29) is 5.75 Å². The number of benzene rings is 1. The molecule has 1 aliphatic rings. The average Bonchev–Trinajstić information content (AvgIpc) is 2.78. The molecule has 86 valence electrons. The molecule has 1 aliphatic heterocycles. The summed E-state index contributed by atoms with van der Waals surface area (Å²) < 4.78 is 0. The van der Waals surface area contributed by atoms with Crippen molar-refractivity contribution in [2.24, 2.45) is 0 Å². The predicted molar refractivity (Wildman–Crippen MR) is 68.5 cm³/mol. The van der Waals surface area contributed by atoms with Gasteiger partial charge in [-0.1, -0.05) is 0 Å². The largest absolute Gasteiger partial charge is 0.508 e. The number of hydrogen-bond acceptors (Lipinski definition) is 5. The average molecular weight is 245 g/mol. The molecule has 0 aliphatic carbocycles. The van der Waals surface area contributed by atoms with Gasteiger partial charge in [0.05, 0.1) is 5.69 Å². The molecule has 0 amide bonds. The number of phenols is 1. The summed E-state index contributed by atoms with van der Waals surface area (Å²) in [6.07, 6.45) is 0. The van der Waals surface area contributed by atoms with Gasteiger partial charge < -0.3 is 10.8 Å². The van der Waals surface area contributed by atoms with Crippen LogP contribution in [0, 0.1) is 0 Å². The highest BCUT2D eigenvalue weighted by atomic mass is 32.2. The Kier molecular flexibility index (Phi) is 2.40. The number of phenolic OH excluding ortho intramolecular Hbond substituents is 1. The van der Waals surface area contributed by atoms with Gasteiger partial charge in [-0.15, -0.1) is 0 Å². The zero-order valence-corrected chi connectivity index (χ0v) is 9.87. The first kappa shape index (κ1) is 10.4. The van der Waals surface area contributed by atoms with Crippen LogP contribution < -0.4 is 5.73 Å². The topological polar surface area (TPSA) is 72.0 Å². The lowest BCUT2D eigenvalue weighted by atomic mass is 10.2. The van der Waals surface area contributed by atoms with E-state index in [0.29, 0.717) is 11.6 Å². The number of nitrogens with two attached hydrogens (primary N) is 1. The van der Waals surface area contributed by atoms with E-state index in [2.05, 4.69) is 9.97 Å². The van der Waals surface area contributed by atoms with Crippen molar-refractivity contribution in [3.63, 3.8) is 0 Å². The van der Waals surface area contributed by atoms with E-state index >= 15 is 0 Å². The summed E-state index contributed by atoms with van der Waals surface area (Å²) in [6, 6.07) is 6.82. The number of nitrogens with zero attached hydrogens (tertiary/aromatic N) is 2. The highest BCUT2D eigenvalue weighted by molar-refractivity contribution is 7.98. The van der Waals surface area contributed by atoms with E-state index in [0.717, 1.165) is 28.3 Å². The molecule has 0 saturated heterocycles. The van der Waals surface area contributed by atoms with Crippen molar-refractivity contribution in [1.29, 1.82) is 0 Å². The molecule has 5 heteroatoms. The van der Waals surface area contributed by atoms with E-state index in [1.54, 1.807) is 36.0 Å². The molecule has 0 saturated carbocycles. The summed E-state index contributed by atoms with van der Waals surface area (Å²) in [6.45, 7) is 0. The first-order chi connectivity index (χ1) is 8.24. The molecule has 0 fully saturated rings. The number of fused-ring (bicyclic) bond motifs is 1. The van der Waals surface area contributed by atoms with E-state index in [1.165, 1.54) is 0 Å². The molecule has 17 heavy (non-hydrogen) atoms. The lowest BCUT2D eigenvalue weighted by Crippen LogP contribution is -2.02. The Labute approximate surface area is 103 Å². The van der Waals surface area contributed by atoms with Crippen LogP contribution in [0.15, 0.2) is 24.3 Å². The maximum atomic E-state index is 9.24. The van der Waals surface area contributed by atoms with Crippen LogP contribution in [-0.4, -0.2) is 15.1 Å². The highest BCUT2D eigenvalue weighted by Crippen LogP contribution is 2.33. The monoisotopic (exact) mass is 245 g/mol. The van der Waals surface area contributed by atoms with Crippen molar-refractivity contribution < 1.29 is 5.11 Å². The van der Waals surface area contributed by atoms with Crippen LogP contribution in [0.2, 0.25) is 0 Å². The molecule has 0 atom stereocenters. The van der Waals surface area contributed by atoms with Crippen LogP contribution in [0.25, 0.3) is 11.4 Å². The number of rotatable bonds is 1. The minimum Gasteiger partial charge on any atom is -0.508 e. The van der Waals surface area contributed by atoms with Crippen LogP contribution >= 0.6 is 11.8 Å². The normalized spacial score (nSPS) is 13.6. The molecule has 3 rings (SSSR count). The summed E-state index contributed by atoms with van der Waals surface area (Å²) >= 11 is 1.80. The van der Waals surface area contributed by atoms with Gasteiger partial charge in [-0.2, -0.15) is 11.8 Å². The number of thioether (sulfide) groups is 1. The highest BCUT2D eigenvalue weighted by Gasteiger charge is 2.18. The maximum absolute atomic E-state index is 9.24. The van der Waals surface area contributed by atoms with Crippen LogP contribution in [0.1, 0.15) is 11.3 Å². The summed E-state index contributed by atoms with van der Waals surface area (Å²) in [4.78, 5) is 8.84. The molecule has 0 bridgehead atoms. The number of aromatic hydroxyl groups is 1. The third-order valence-corrected chi connectivity index (χ3v) is 3.71. The van der Waals surface area contributed by atoms with Gasteiger partial charge in [0.15, 0.2) is 5.82 Å². The van der Waals surface area contributed by atoms with Gasteiger partial charge in [-0.25, -0.2) is 9.97 Å². The van der Waals surface area contributed by atoms with E-state index in [9.17, 15) is 5.11 Å². The van der Waals surface area contributed by atoms with Gasteiger partial charge in [0.1, 0.15) is 11.6 Å². The number of nitrogen functional groups attached to an aromatic ring is 1. The summed E-state index contributed by atoms with van der Waals surface area (Å²) in [5, 5.41) is 9.24. The van der Waals surface area contributed by atoms with Crippen LogP contribution in [0.4, 0.5) is 5.82 Å². The van der Waals surface area contributed by atoms with E-state index in [4.69, 9.17) is 5.73 Å². The lowest BCUT2D eigenvalue weighted by Gasteiger charge is -2.06. The van der Waals surface area contributed by atoms with Gasteiger partial charge in [0, 0.05) is 22.6 Å². The molecule has 1 aromatic carbocycles. The Balaban J connectivity index is 2.10.